The van der Waals surface area contributed by atoms with E-state index in [4.69, 9.17) is 4.74 Å². The molecule has 2 N–H and O–H groups in total. The highest BCUT2D eigenvalue weighted by Gasteiger charge is 2.18. The molecule has 1 aromatic heterocycles. The van der Waals surface area contributed by atoms with Gasteiger partial charge in [-0.15, -0.1) is 0 Å². The number of hydrogen-bond acceptors (Lipinski definition) is 4. The normalized spacial score (nSPS) is 10.5. The van der Waals surface area contributed by atoms with E-state index in [0.29, 0.717) is 11.3 Å². The van der Waals surface area contributed by atoms with Gasteiger partial charge in [0.05, 0.1) is 19.2 Å². The van der Waals surface area contributed by atoms with Crippen molar-refractivity contribution in [3.8, 4) is 22.6 Å². The van der Waals surface area contributed by atoms with E-state index in [0.717, 1.165) is 22.4 Å². The Balaban J connectivity index is 2.10. The van der Waals surface area contributed by atoms with Crippen LogP contribution in [0.3, 0.4) is 0 Å². The van der Waals surface area contributed by atoms with Crippen molar-refractivity contribution in [2.75, 3.05) is 7.11 Å². The molecule has 0 aliphatic rings. The average molecular weight is 379 g/mol. The summed E-state index contributed by atoms with van der Waals surface area (Å²) < 4.78 is 7.28. The number of nitrogens with zero attached hydrogens (tertiary/aromatic N) is 2. The van der Waals surface area contributed by atoms with Crippen molar-refractivity contribution >= 4 is 11.9 Å². The number of carbonyl (C=O) groups is 2. The monoisotopic (exact) mass is 379 g/mol. The Morgan fingerprint density at radius 1 is 1.18 bits per heavy atom. The zero-order chi connectivity index (χ0) is 20.1. The van der Waals surface area contributed by atoms with Crippen molar-refractivity contribution in [2.45, 2.75) is 19.9 Å². The number of aliphatic carboxylic acids is 1. The summed E-state index contributed by atoms with van der Waals surface area (Å²) in [6.07, 6.45) is 3.42. The number of nitrogens with one attached hydrogen (secondary N) is 1. The van der Waals surface area contributed by atoms with Crippen LogP contribution in [0.25, 0.3) is 16.8 Å². The molecule has 3 rings (SSSR count). The third-order valence-corrected chi connectivity index (χ3v) is 4.37. The van der Waals surface area contributed by atoms with Crippen LogP contribution in [-0.2, 0) is 22.6 Å². The number of ether oxygens (including phenoxy) is 1. The molecule has 0 unspecified atom stereocenters. The summed E-state index contributed by atoms with van der Waals surface area (Å²) in [4.78, 5) is 22.8. The van der Waals surface area contributed by atoms with Crippen LogP contribution in [0.15, 0.2) is 54.9 Å². The Bertz CT molecular complexity index is 980. The SMILES string of the molecule is COc1ccc(CC(=O)O)c(CNC(C)=O)c1-c1ccc(-n2cccn2)cc1. The minimum absolute atomic E-state index is 0.142. The van der Waals surface area contributed by atoms with Crippen molar-refractivity contribution in [3.63, 3.8) is 0 Å². The zero-order valence-corrected chi connectivity index (χ0v) is 15.7. The van der Waals surface area contributed by atoms with Gasteiger partial charge < -0.3 is 15.2 Å². The van der Waals surface area contributed by atoms with Crippen molar-refractivity contribution in [1.29, 1.82) is 0 Å². The number of hydrogen-bond donors (Lipinski definition) is 2. The number of aromatic nitrogens is 2. The lowest BCUT2D eigenvalue weighted by Gasteiger charge is -2.18. The van der Waals surface area contributed by atoms with Crippen molar-refractivity contribution in [1.82, 2.24) is 15.1 Å². The smallest absolute Gasteiger partial charge is 0.307 e. The van der Waals surface area contributed by atoms with Gasteiger partial charge in [0.15, 0.2) is 0 Å². The molecule has 28 heavy (non-hydrogen) atoms. The van der Waals surface area contributed by atoms with Crippen molar-refractivity contribution in [2.24, 2.45) is 0 Å². The minimum Gasteiger partial charge on any atom is -0.496 e. The van der Waals surface area contributed by atoms with Crippen LogP contribution in [0, 0.1) is 0 Å². The summed E-state index contributed by atoms with van der Waals surface area (Å²) >= 11 is 0. The van der Waals surface area contributed by atoms with Crippen LogP contribution in [0.2, 0.25) is 0 Å². The molecule has 7 heteroatoms. The lowest BCUT2D eigenvalue weighted by molar-refractivity contribution is -0.136. The first-order valence-corrected chi connectivity index (χ1v) is 8.75. The molecule has 3 aromatic rings. The summed E-state index contributed by atoms with van der Waals surface area (Å²) in [6, 6.07) is 13.0. The Hall–Kier alpha value is -3.61. The Kier molecular flexibility index (Phi) is 5.74. The molecule has 0 atom stereocenters. The molecule has 1 amide bonds. The maximum Gasteiger partial charge on any atom is 0.307 e. The highest BCUT2D eigenvalue weighted by molar-refractivity contribution is 5.80. The van der Waals surface area contributed by atoms with Gasteiger partial charge in [-0.05, 0) is 41.0 Å². The molecule has 0 spiro atoms. The fourth-order valence-electron chi connectivity index (χ4n) is 3.10. The summed E-state index contributed by atoms with van der Waals surface area (Å²) in [5.41, 5.74) is 3.89. The minimum atomic E-state index is -0.936. The standard InChI is InChI=1S/C21H21N3O4/c1-14(25)22-13-18-16(12-20(26)27)6-9-19(28-2)21(18)15-4-7-17(8-5-15)24-11-3-10-23-24/h3-11H,12-13H2,1-2H3,(H,22,25)(H,26,27). The highest BCUT2D eigenvalue weighted by Crippen LogP contribution is 2.36. The second-order valence-electron chi connectivity index (χ2n) is 6.26. The third kappa shape index (κ3) is 4.20. The van der Waals surface area contributed by atoms with E-state index in [1.54, 1.807) is 30.1 Å². The summed E-state index contributed by atoms with van der Waals surface area (Å²) in [6.45, 7) is 1.64. The topological polar surface area (TPSA) is 93.5 Å². The molecule has 0 saturated heterocycles. The summed E-state index contributed by atoms with van der Waals surface area (Å²) in [7, 11) is 1.57. The molecular formula is C21H21N3O4. The Morgan fingerprint density at radius 3 is 2.50 bits per heavy atom. The zero-order valence-electron chi connectivity index (χ0n) is 15.7. The molecule has 2 aromatic carbocycles. The van der Waals surface area contributed by atoms with Crippen LogP contribution in [0.5, 0.6) is 5.75 Å². The van der Waals surface area contributed by atoms with Gasteiger partial charge in [0.1, 0.15) is 5.75 Å². The number of rotatable bonds is 7. The van der Waals surface area contributed by atoms with Crippen LogP contribution < -0.4 is 10.1 Å². The van der Waals surface area contributed by atoms with Crippen LogP contribution >= 0.6 is 0 Å². The van der Waals surface area contributed by atoms with E-state index >= 15 is 0 Å². The first-order valence-electron chi connectivity index (χ1n) is 8.75. The van der Waals surface area contributed by atoms with Gasteiger partial charge in [-0.1, -0.05) is 18.2 Å². The van der Waals surface area contributed by atoms with E-state index in [2.05, 4.69) is 10.4 Å². The van der Waals surface area contributed by atoms with E-state index in [1.807, 2.05) is 36.5 Å². The second kappa shape index (κ2) is 8.39. The average Bonchev–Trinajstić information content (AvgIpc) is 3.21. The van der Waals surface area contributed by atoms with Gasteiger partial charge >= 0.3 is 5.97 Å². The number of benzene rings is 2. The molecule has 0 fully saturated rings. The molecule has 0 saturated carbocycles. The van der Waals surface area contributed by atoms with Gasteiger partial charge in [-0.25, -0.2) is 4.68 Å². The van der Waals surface area contributed by atoms with Crippen molar-refractivity contribution < 1.29 is 19.4 Å². The first kappa shape index (κ1) is 19.2. The highest BCUT2D eigenvalue weighted by atomic mass is 16.5. The predicted molar refractivity (Wildman–Crippen MR) is 104 cm³/mol. The lowest BCUT2D eigenvalue weighted by atomic mass is 9.92. The number of methoxy groups -OCH3 is 1. The molecule has 0 radical (unpaired) electrons. The Labute approximate surface area is 162 Å². The number of carboxylic acid groups (broad SMARTS) is 1. The first-order chi connectivity index (χ1) is 13.5. The number of carboxylic acids is 1. The van der Waals surface area contributed by atoms with E-state index in [9.17, 15) is 14.7 Å². The molecule has 0 aliphatic heterocycles. The predicted octanol–water partition coefficient (Wildman–Crippen LogP) is 2.81. The second-order valence-corrected chi connectivity index (χ2v) is 6.26. The Morgan fingerprint density at radius 2 is 1.93 bits per heavy atom. The van der Waals surface area contributed by atoms with Crippen LogP contribution in [0.1, 0.15) is 18.1 Å². The van der Waals surface area contributed by atoms with E-state index in [1.165, 1.54) is 6.92 Å². The lowest BCUT2D eigenvalue weighted by Crippen LogP contribution is -2.21. The quantitative estimate of drug-likeness (QED) is 0.658. The van der Waals surface area contributed by atoms with Gasteiger partial charge in [0.25, 0.3) is 0 Å². The summed E-state index contributed by atoms with van der Waals surface area (Å²) in [5.74, 6) is -0.514. The molecule has 0 aliphatic carbocycles. The maximum atomic E-state index is 11.5. The maximum absolute atomic E-state index is 11.5. The van der Waals surface area contributed by atoms with Crippen LogP contribution in [0.4, 0.5) is 0 Å². The fraction of sp³-hybridized carbons (Fsp3) is 0.190. The fourth-order valence-corrected chi connectivity index (χ4v) is 3.10. The molecule has 0 bridgehead atoms. The van der Waals surface area contributed by atoms with Gasteiger partial charge in [-0.3, -0.25) is 9.59 Å². The molecule has 1 heterocycles. The van der Waals surface area contributed by atoms with Gasteiger partial charge in [0.2, 0.25) is 5.91 Å². The van der Waals surface area contributed by atoms with E-state index < -0.39 is 5.97 Å². The number of carbonyl (C=O) groups excluding carboxylic acids is 1. The van der Waals surface area contributed by atoms with Gasteiger partial charge in [0, 0.05) is 31.4 Å². The van der Waals surface area contributed by atoms with Crippen LogP contribution in [-0.4, -0.2) is 33.9 Å². The largest absolute Gasteiger partial charge is 0.496 e. The van der Waals surface area contributed by atoms with Gasteiger partial charge in [-0.2, -0.15) is 5.10 Å². The molecular weight excluding hydrogens is 358 g/mol. The summed E-state index contributed by atoms with van der Waals surface area (Å²) in [5, 5.41) is 16.3. The van der Waals surface area contributed by atoms with E-state index in [-0.39, 0.29) is 18.9 Å². The van der Waals surface area contributed by atoms with Crippen molar-refractivity contribution in [3.05, 3.63) is 66.0 Å². The molecule has 144 valence electrons. The third-order valence-electron chi connectivity index (χ3n) is 4.37. The molecule has 7 nitrogen and oxygen atoms in total. The number of amides is 1.